The first-order valence-electron chi connectivity index (χ1n) is 11.0. The van der Waals surface area contributed by atoms with Crippen LogP contribution in [0.25, 0.3) is 10.2 Å². The molecule has 0 spiro atoms. The molecule has 0 aliphatic carbocycles. The summed E-state index contributed by atoms with van der Waals surface area (Å²) in [6.45, 7) is 10.1. The summed E-state index contributed by atoms with van der Waals surface area (Å²) < 4.78 is 6.70. The number of aryl methyl sites for hydroxylation is 1. The third kappa shape index (κ3) is 5.17. The zero-order valence-corrected chi connectivity index (χ0v) is 19.1. The van der Waals surface area contributed by atoms with Gasteiger partial charge in [-0.3, -0.25) is 9.69 Å². The molecular formula is C24H30N4O2S. The summed E-state index contributed by atoms with van der Waals surface area (Å²) in [5.41, 5.74) is 3.14. The van der Waals surface area contributed by atoms with Crippen LogP contribution < -0.4 is 15.0 Å². The van der Waals surface area contributed by atoms with Crippen molar-refractivity contribution in [2.45, 2.75) is 20.3 Å². The van der Waals surface area contributed by atoms with Crippen LogP contribution >= 0.6 is 11.3 Å². The minimum absolute atomic E-state index is 0.0390. The fraction of sp³-hybridized carbons (Fsp3) is 0.417. The van der Waals surface area contributed by atoms with E-state index < -0.39 is 0 Å². The molecule has 0 atom stereocenters. The number of benzene rings is 2. The highest BCUT2D eigenvalue weighted by atomic mass is 32.1. The maximum atomic E-state index is 12.3. The second-order valence-electron chi connectivity index (χ2n) is 7.66. The van der Waals surface area contributed by atoms with E-state index in [0.29, 0.717) is 18.7 Å². The first kappa shape index (κ1) is 21.6. The van der Waals surface area contributed by atoms with Crippen LogP contribution in [0.2, 0.25) is 0 Å². The standard InChI is InChI=1S/C24H30N4O2S/c1-3-18-6-5-7-21-22(18)26-24(31-21)28-16-14-27(15-17-28)13-12-25-23(29)19-8-10-20(11-9-19)30-4-2/h5-11H,3-4,12-17H2,1-2H3,(H,25,29). The number of ether oxygens (including phenoxy) is 1. The van der Waals surface area contributed by atoms with Gasteiger partial charge in [-0.2, -0.15) is 0 Å². The predicted octanol–water partition coefficient (Wildman–Crippen LogP) is 3.81. The molecule has 164 valence electrons. The van der Waals surface area contributed by atoms with Gasteiger partial charge in [0.15, 0.2) is 5.13 Å². The maximum absolute atomic E-state index is 12.3. The van der Waals surface area contributed by atoms with Crippen molar-refractivity contribution in [1.29, 1.82) is 0 Å². The summed E-state index contributed by atoms with van der Waals surface area (Å²) in [5.74, 6) is 0.749. The van der Waals surface area contributed by atoms with Gasteiger partial charge in [-0.05, 0) is 49.2 Å². The van der Waals surface area contributed by atoms with Gasteiger partial charge in [0.2, 0.25) is 0 Å². The summed E-state index contributed by atoms with van der Waals surface area (Å²) in [6, 6.07) is 13.8. The van der Waals surface area contributed by atoms with Crippen molar-refractivity contribution in [2.24, 2.45) is 0 Å². The molecule has 1 saturated heterocycles. The van der Waals surface area contributed by atoms with Gasteiger partial charge in [0.05, 0.1) is 16.8 Å². The lowest BCUT2D eigenvalue weighted by Gasteiger charge is -2.34. The van der Waals surface area contributed by atoms with Gasteiger partial charge in [0, 0.05) is 44.8 Å². The highest BCUT2D eigenvalue weighted by molar-refractivity contribution is 7.22. The largest absolute Gasteiger partial charge is 0.494 e. The van der Waals surface area contributed by atoms with E-state index in [1.807, 2.05) is 19.1 Å². The fourth-order valence-corrected chi connectivity index (χ4v) is 4.94. The molecule has 31 heavy (non-hydrogen) atoms. The number of aromatic nitrogens is 1. The number of hydrogen-bond acceptors (Lipinski definition) is 6. The SMILES string of the molecule is CCOc1ccc(C(=O)NCCN2CCN(c3nc4c(CC)cccc4s3)CC2)cc1. The third-order valence-corrected chi connectivity index (χ3v) is 6.74. The number of rotatable bonds is 8. The van der Waals surface area contributed by atoms with E-state index in [0.717, 1.165) is 55.5 Å². The van der Waals surface area contributed by atoms with Crippen molar-refractivity contribution in [1.82, 2.24) is 15.2 Å². The maximum Gasteiger partial charge on any atom is 0.251 e. The Labute approximate surface area is 187 Å². The molecule has 3 aromatic rings. The monoisotopic (exact) mass is 438 g/mol. The molecule has 1 N–H and O–H groups in total. The second-order valence-corrected chi connectivity index (χ2v) is 8.66. The first-order valence-corrected chi connectivity index (χ1v) is 11.9. The van der Waals surface area contributed by atoms with E-state index in [9.17, 15) is 4.79 Å². The van der Waals surface area contributed by atoms with Crippen LogP contribution in [0.15, 0.2) is 42.5 Å². The topological polar surface area (TPSA) is 57.7 Å². The first-order chi connectivity index (χ1) is 15.2. The molecule has 0 bridgehead atoms. The molecule has 1 aliphatic heterocycles. The van der Waals surface area contributed by atoms with Crippen LogP contribution in [0.4, 0.5) is 5.13 Å². The van der Waals surface area contributed by atoms with Crippen LogP contribution in [0.1, 0.15) is 29.8 Å². The Morgan fingerprint density at radius 1 is 1.10 bits per heavy atom. The number of piperazine rings is 1. The molecule has 0 radical (unpaired) electrons. The van der Waals surface area contributed by atoms with Crippen molar-refractivity contribution in [3.05, 3.63) is 53.6 Å². The molecular weight excluding hydrogens is 408 g/mol. The highest BCUT2D eigenvalue weighted by Crippen LogP contribution is 2.31. The van der Waals surface area contributed by atoms with Crippen LogP contribution in [-0.2, 0) is 6.42 Å². The summed E-state index contributed by atoms with van der Waals surface area (Å²) in [6.07, 6.45) is 1.01. The highest BCUT2D eigenvalue weighted by Gasteiger charge is 2.20. The van der Waals surface area contributed by atoms with Crippen molar-refractivity contribution < 1.29 is 9.53 Å². The van der Waals surface area contributed by atoms with Crippen LogP contribution in [-0.4, -0.2) is 61.7 Å². The Balaban J connectivity index is 1.24. The van der Waals surface area contributed by atoms with Gasteiger partial charge in [0.25, 0.3) is 5.91 Å². The van der Waals surface area contributed by atoms with Gasteiger partial charge in [-0.15, -0.1) is 0 Å². The van der Waals surface area contributed by atoms with Gasteiger partial charge in [-0.25, -0.2) is 4.98 Å². The molecule has 1 aliphatic rings. The van der Waals surface area contributed by atoms with E-state index in [2.05, 4.69) is 40.2 Å². The number of carbonyl (C=O) groups is 1. The lowest BCUT2D eigenvalue weighted by atomic mass is 10.1. The average molecular weight is 439 g/mol. The van der Waals surface area contributed by atoms with Gasteiger partial charge < -0.3 is 15.0 Å². The van der Waals surface area contributed by atoms with Crippen LogP contribution in [0.3, 0.4) is 0 Å². The number of nitrogens with one attached hydrogen (secondary N) is 1. The molecule has 2 heterocycles. The fourth-order valence-electron chi connectivity index (χ4n) is 3.88. The van der Waals surface area contributed by atoms with E-state index in [4.69, 9.17) is 9.72 Å². The Morgan fingerprint density at radius 2 is 1.87 bits per heavy atom. The van der Waals surface area contributed by atoms with Crippen molar-refractivity contribution in [3.63, 3.8) is 0 Å². The lowest BCUT2D eigenvalue weighted by Crippen LogP contribution is -2.48. The zero-order valence-electron chi connectivity index (χ0n) is 18.3. The molecule has 0 unspecified atom stereocenters. The smallest absolute Gasteiger partial charge is 0.251 e. The van der Waals surface area contributed by atoms with Crippen LogP contribution in [0.5, 0.6) is 5.75 Å². The van der Waals surface area contributed by atoms with Crippen molar-refractivity contribution >= 4 is 32.6 Å². The molecule has 0 saturated carbocycles. The summed E-state index contributed by atoms with van der Waals surface area (Å²) in [7, 11) is 0. The van der Waals surface area contributed by atoms with Crippen molar-refractivity contribution in [2.75, 3.05) is 50.8 Å². The Morgan fingerprint density at radius 3 is 2.58 bits per heavy atom. The Kier molecular flexibility index (Phi) is 7.04. The molecule has 2 aromatic carbocycles. The zero-order chi connectivity index (χ0) is 21.6. The number of hydrogen-bond donors (Lipinski definition) is 1. The minimum atomic E-state index is -0.0390. The quantitative estimate of drug-likeness (QED) is 0.580. The normalized spacial score (nSPS) is 14.7. The van der Waals surface area contributed by atoms with E-state index in [1.165, 1.54) is 10.3 Å². The molecule has 1 amide bonds. The molecule has 4 rings (SSSR count). The number of nitrogens with zero attached hydrogens (tertiary/aromatic N) is 3. The van der Waals surface area contributed by atoms with E-state index in [-0.39, 0.29) is 5.91 Å². The number of fused-ring (bicyclic) bond motifs is 1. The number of thiazole rings is 1. The Hall–Kier alpha value is -2.64. The Bertz CT molecular complexity index is 1010. The summed E-state index contributed by atoms with van der Waals surface area (Å²) in [5, 5.41) is 4.15. The lowest BCUT2D eigenvalue weighted by molar-refractivity contribution is 0.0947. The van der Waals surface area contributed by atoms with Gasteiger partial charge >= 0.3 is 0 Å². The van der Waals surface area contributed by atoms with E-state index in [1.54, 1.807) is 23.5 Å². The van der Waals surface area contributed by atoms with E-state index >= 15 is 0 Å². The predicted molar refractivity (Wildman–Crippen MR) is 128 cm³/mol. The number of carbonyl (C=O) groups excluding carboxylic acids is 1. The molecule has 1 fully saturated rings. The molecule has 1 aromatic heterocycles. The van der Waals surface area contributed by atoms with Gasteiger partial charge in [0.1, 0.15) is 5.75 Å². The second kappa shape index (κ2) is 10.1. The molecule has 7 heteroatoms. The van der Waals surface area contributed by atoms with Crippen molar-refractivity contribution in [3.8, 4) is 5.75 Å². The summed E-state index contributed by atoms with van der Waals surface area (Å²) in [4.78, 5) is 22.1. The number of para-hydroxylation sites is 1. The molecule has 6 nitrogen and oxygen atoms in total. The minimum Gasteiger partial charge on any atom is -0.494 e. The van der Waals surface area contributed by atoms with Gasteiger partial charge in [-0.1, -0.05) is 30.4 Å². The third-order valence-electron chi connectivity index (χ3n) is 5.66. The average Bonchev–Trinajstić information content (AvgIpc) is 3.25. The van der Waals surface area contributed by atoms with Crippen LogP contribution in [0, 0.1) is 0 Å². The summed E-state index contributed by atoms with van der Waals surface area (Å²) >= 11 is 1.79. The number of amides is 1. The number of anilines is 1.